The second-order valence-corrected chi connectivity index (χ2v) is 6.02. The molecule has 0 aliphatic heterocycles. The third-order valence-corrected chi connectivity index (χ3v) is 4.23. The summed E-state index contributed by atoms with van der Waals surface area (Å²) in [6.07, 6.45) is 0.0239. The van der Waals surface area contributed by atoms with E-state index in [0.717, 1.165) is 16.5 Å². The molecule has 128 valence electrons. The Balaban J connectivity index is 1.66. The largest absolute Gasteiger partial charge is 0.508 e. The highest BCUT2D eigenvalue weighted by Crippen LogP contribution is 2.25. The number of amides is 1. The molecule has 1 heterocycles. The first-order valence-corrected chi connectivity index (χ1v) is 8.13. The van der Waals surface area contributed by atoms with Gasteiger partial charge in [-0.05, 0) is 29.1 Å². The zero-order valence-electron chi connectivity index (χ0n) is 13.7. The van der Waals surface area contributed by atoms with Gasteiger partial charge in [-0.1, -0.05) is 36.4 Å². The first-order chi connectivity index (χ1) is 12.6. The average Bonchev–Trinajstić information content (AvgIpc) is 2.61. The van der Waals surface area contributed by atoms with E-state index >= 15 is 0 Å². The molecule has 1 amide bonds. The van der Waals surface area contributed by atoms with Crippen molar-refractivity contribution in [2.45, 2.75) is 6.42 Å². The van der Waals surface area contributed by atoms with Gasteiger partial charge in [-0.2, -0.15) is 0 Å². The molecule has 4 aromatic rings. The summed E-state index contributed by atoms with van der Waals surface area (Å²) in [7, 11) is 0. The number of phenols is 1. The fraction of sp³-hybridized carbons (Fsp3) is 0.0476. The van der Waals surface area contributed by atoms with Crippen LogP contribution in [0.15, 0.2) is 75.9 Å². The summed E-state index contributed by atoms with van der Waals surface area (Å²) in [6.45, 7) is 0. The quantitative estimate of drug-likeness (QED) is 0.553. The zero-order valence-corrected chi connectivity index (χ0v) is 13.7. The second kappa shape index (κ2) is 6.37. The van der Waals surface area contributed by atoms with Gasteiger partial charge in [0.25, 0.3) is 0 Å². The molecule has 0 bridgehead atoms. The van der Waals surface area contributed by atoms with Crippen molar-refractivity contribution in [1.82, 2.24) is 0 Å². The third kappa shape index (κ3) is 3.02. The summed E-state index contributed by atoms with van der Waals surface area (Å²) in [5.74, 6) is -0.237. The summed E-state index contributed by atoms with van der Waals surface area (Å²) in [6, 6.07) is 19.3. The van der Waals surface area contributed by atoms with E-state index in [2.05, 4.69) is 5.32 Å². The van der Waals surface area contributed by atoms with Crippen LogP contribution >= 0.6 is 0 Å². The molecule has 0 aliphatic rings. The lowest BCUT2D eigenvalue weighted by Gasteiger charge is -2.10. The minimum atomic E-state index is -0.559. The lowest BCUT2D eigenvalue weighted by Crippen LogP contribution is -2.16. The van der Waals surface area contributed by atoms with Crippen molar-refractivity contribution in [2.24, 2.45) is 0 Å². The van der Waals surface area contributed by atoms with E-state index in [1.54, 1.807) is 6.07 Å². The van der Waals surface area contributed by atoms with Gasteiger partial charge in [-0.3, -0.25) is 4.79 Å². The number of nitrogens with one attached hydrogen (secondary N) is 1. The number of phenolic OH excluding ortho intramolecular Hbond substituents is 1. The van der Waals surface area contributed by atoms with E-state index in [0.29, 0.717) is 10.9 Å². The van der Waals surface area contributed by atoms with Gasteiger partial charge in [0.2, 0.25) is 5.91 Å². The Bertz CT molecular complexity index is 1190. The average molecular weight is 345 g/mol. The van der Waals surface area contributed by atoms with Gasteiger partial charge < -0.3 is 14.8 Å². The molecule has 1 aromatic heterocycles. The number of benzene rings is 3. The van der Waals surface area contributed by atoms with E-state index in [1.807, 2.05) is 42.5 Å². The van der Waals surface area contributed by atoms with Gasteiger partial charge in [0, 0.05) is 28.6 Å². The van der Waals surface area contributed by atoms with E-state index in [4.69, 9.17) is 4.42 Å². The van der Waals surface area contributed by atoms with Crippen LogP contribution in [0.1, 0.15) is 5.56 Å². The van der Waals surface area contributed by atoms with Crippen molar-refractivity contribution in [1.29, 1.82) is 0 Å². The van der Waals surface area contributed by atoms with Crippen molar-refractivity contribution >= 4 is 33.3 Å². The Kier molecular flexibility index (Phi) is 3.89. The molecule has 0 saturated carbocycles. The van der Waals surface area contributed by atoms with Crippen molar-refractivity contribution in [2.75, 3.05) is 5.32 Å². The van der Waals surface area contributed by atoms with E-state index in [1.165, 1.54) is 18.2 Å². The standard InChI is InChI=1S/C21H15NO4/c23-15-8-9-17-14(11-21(25)26-19(17)12-15)10-20(24)22-18-7-3-5-13-4-1-2-6-16(13)18/h1-9,11-12,23H,10H2,(H,22,24). The predicted octanol–water partition coefficient (Wildman–Crippen LogP) is 3.83. The Morgan fingerprint density at radius 2 is 1.77 bits per heavy atom. The van der Waals surface area contributed by atoms with Crippen molar-refractivity contribution in [3.63, 3.8) is 0 Å². The number of aromatic hydroxyl groups is 1. The van der Waals surface area contributed by atoms with Crippen molar-refractivity contribution < 1.29 is 14.3 Å². The molecule has 4 rings (SSSR count). The minimum Gasteiger partial charge on any atom is -0.508 e. The lowest BCUT2D eigenvalue weighted by molar-refractivity contribution is -0.115. The Hall–Kier alpha value is -3.60. The van der Waals surface area contributed by atoms with Crippen LogP contribution in [0.2, 0.25) is 0 Å². The fourth-order valence-corrected chi connectivity index (χ4v) is 3.07. The van der Waals surface area contributed by atoms with Crippen LogP contribution < -0.4 is 10.9 Å². The van der Waals surface area contributed by atoms with Gasteiger partial charge in [0.1, 0.15) is 11.3 Å². The van der Waals surface area contributed by atoms with Crippen molar-refractivity contribution in [3.05, 3.63) is 82.7 Å². The smallest absolute Gasteiger partial charge is 0.336 e. The maximum absolute atomic E-state index is 12.6. The number of carbonyl (C=O) groups is 1. The van der Waals surface area contributed by atoms with Crippen LogP contribution in [0.25, 0.3) is 21.7 Å². The number of hydrogen-bond acceptors (Lipinski definition) is 4. The van der Waals surface area contributed by atoms with Crippen LogP contribution in [0.5, 0.6) is 5.75 Å². The zero-order chi connectivity index (χ0) is 18.1. The molecular weight excluding hydrogens is 330 g/mol. The maximum atomic E-state index is 12.6. The summed E-state index contributed by atoms with van der Waals surface area (Å²) >= 11 is 0. The summed E-state index contributed by atoms with van der Waals surface area (Å²) in [4.78, 5) is 24.3. The summed E-state index contributed by atoms with van der Waals surface area (Å²) < 4.78 is 5.09. The molecule has 2 N–H and O–H groups in total. The Morgan fingerprint density at radius 3 is 2.65 bits per heavy atom. The van der Waals surface area contributed by atoms with Crippen LogP contribution in [0, 0.1) is 0 Å². The molecule has 0 saturated heterocycles. The lowest BCUT2D eigenvalue weighted by atomic mass is 10.1. The second-order valence-electron chi connectivity index (χ2n) is 6.02. The minimum absolute atomic E-state index is 0.00185. The molecule has 0 unspecified atom stereocenters. The summed E-state index contributed by atoms with van der Waals surface area (Å²) in [5, 5.41) is 15.1. The number of hydrogen-bond donors (Lipinski definition) is 2. The molecule has 0 aliphatic carbocycles. The van der Waals surface area contributed by atoms with Gasteiger partial charge in [-0.15, -0.1) is 0 Å². The topological polar surface area (TPSA) is 79.5 Å². The molecule has 0 radical (unpaired) electrons. The van der Waals surface area contributed by atoms with E-state index in [-0.39, 0.29) is 23.7 Å². The molecule has 0 atom stereocenters. The molecular formula is C21H15NO4. The molecule has 3 aromatic carbocycles. The highest BCUT2D eigenvalue weighted by Gasteiger charge is 2.12. The van der Waals surface area contributed by atoms with E-state index in [9.17, 15) is 14.7 Å². The van der Waals surface area contributed by atoms with Crippen LogP contribution in [-0.4, -0.2) is 11.0 Å². The van der Waals surface area contributed by atoms with Gasteiger partial charge >= 0.3 is 5.63 Å². The van der Waals surface area contributed by atoms with Gasteiger partial charge in [-0.25, -0.2) is 4.79 Å². The first-order valence-electron chi connectivity index (χ1n) is 8.13. The first kappa shape index (κ1) is 15.9. The van der Waals surface area contributed by atoms with Gasteiger partial charge in [0.05, 0.1) is 6.42 Å². The number of anilines is 1. The third-order valence-electron chi connectivity index (χ3n) is 4.23. The molecule has 5 nitrogen and oxygen atoms in total. The highest BCUT2D eigenvalue weighted by molar-refractivity contribution is 6.03. The van der Waals surface area contributed by atoms with Crippen LogP contribution in [0.3, 0.4) is 0 Å². The Morgan fingerprint density at radius 1 is 0.962 bits per heavy atom. The molecule has 0 spiro atoms. The predicted molar refractivity (Wildman–Crippen MR) is 100 cm³/mol. The molecule has 0 fully saturated rings. The van der Waals surface area contributed by atoms with Crippen LogP contribution in [0.4, 0.5) is 5.69 Å². The van der Waals surface area contributed by atoms with Crippen LogP contribution in [-0.2, 0) is 11.2 Å². The molecule has 26 heavy (non-hydrogen) atoms. The van der Waals surface area contributed by atoms with Crippen molar-refractivity contribution in [3.8, 4) is 5.75 Å². The number of fused-ring (bicyclic) bond motifs is 2. The fourth-order valence-electron chi connectivity index (χ4n) is 3.07. The number of rotatable bonds is 3. The maximum Gasteiger partial charge on any atom is 0.336 e. The number of carbonyl (C=O) groups excluding carboxylic acids is 1. The normalized spacial score (nSPS) is 10.9. The monoisotopic (exact) mass is 345 g/mol. The molecule has 5 heteroatoms. The van der Waals surface area contributed by atoms with Gasteiger partial charge in [0.15, 0.2) is 0 Å². The highest BCUT2D eigenvalue weighted by atomic mass is 16.4. The Labute approximate surface area is 148 Å². The summed E-state index contributed by atoms with van der Waals surface area (Å²) in [5.41, 5.74) is 0.966. The SMILES string of the molecule is O=C(Cc1cc(=O)oc2cc(O)ccc12)Nc1cccc2ccccc12. The van der Waals surface area contributed by atoms with E-state index < -0.39 is 5.63 Å².